The van der Waals surface area contributed by atoms with E-state index in [2.05, 4.69) is 25.2 Å². The van der Waals surface area contributed by atoms with Crippen molar-refractivity contribution in [2.24, 2.45) is 0 Å². The summed E-state index contributed by atoms with van der Waals surface area (Å²) in [6.07, 6.45) is 1.03. The van der Waals surface area contributed by atoms with Gasteiger partial charge in [-0.1, -0.05) is 49.7 Å². The molecule has 0 saturated carbocycles. The average molecular weight is 297 g/mol. The fourth-order valence-electron chi connectivity index (χ4n) is 2.23. The van der Waals surface area contributed by atoms with Crippen LogP contribution in [0.15, 0.2) is 48.5 Å². The quantitative estimate of drug-likeness (QED) is 0.851. The molecule has 0 radical (unpaired) electrons. The molecule has 2 aromatic carbocycles. The Morgan fingerprint density at radius 1 is 1.14 bits per heavy atom. The van der Waals surface area contributed by atoms with E-state index in [-0.39, 0.29) is 12.5 Å². The molecule has 0 unspecified atom stereocenters. The topological polar surface area (TPSA) is 38.3 Å². The molecule has 0 heterocycles. The maximum Gasteiger partial charge on any atom is 0.262 e. The highest BCUT2D eigenvalue weighted by molar-refractivity contribution is 5.92. The number of carbonyl (C=O) groups is 1. The van der Waals surface area contributed by atoms with Gasteiger partial charge in [0.05, 0.1) is 0 Å². The summed E-state index contributed by atoms with van der Waals surface area (Å²) in [5.41, 5.74) is 3.20. The number of amides is 1. The number of aryl methyl sites for hydroxylation is 1. The number of ether oxygens (including phenoxy) is 1. The largest absolute Gasteiger partial charge is 0.484 e. The molecular formula is C19H23NO2. The van der Waals surface area contributed by atoms with E-state index in [1.54, 1.807) is 0 Å². The summed E-state index contributed by atoms with van der Waals surface area (Å²) in [6.45, 7) is 6.33. The standard InChI is InChI=1S/C19H23NO2/c1-4-15(3)17-7-5-6-8-18(17)20-19(21)13-22-16-11-9-14(2)10-12-16/h5-12,15H,4,13H2,1-3H3,(H,20,21)/t15-/m0/s1. The van der Waals surface area contributed by atoms with Gasteiger partial charge in [-0.25, -0.2) is 0 Å². The molecule has 0 aromatic heterocycles. The number of para-hydroxylation sites is 1. The Kier molecular flexibility index (Phi) is 5.59. The van der Waals surface area contributed by atoms with Crippen molar-refractivity contribution in [2.45, 2.75) is 33.1 Å². The van der Waals surface area contributed by atoms with Gasteiger partial charge < -0.3 is 10.1 Å². The summed E-state index contributed by atoms with van der Waals surface area (Å²) < 4.78 is 5.51. The first-order chi connectivity index (χ1) is 10.6. The van der Waals surface area contributed by atoms with Gasteiger partial charge >= 0.3 is 0 Å². The van der Waals surface area contributed by atoms with Gasteiger partial charge in [-0.05, 0) is 43.0 Å². The Balaban J connectivity index is 1.96. The highest BCUT2D eigenvalue weighted by atomic mass is 16.5. The Bertz CT molecular complexity index is 620. The van der Waals surface area contributed by atoms with E-state index >= 15 is 0 Å². The number of hydrogen-bond acceptors (Lipinski definition) is 2. The zero-order chi connectivity index (χ0) is 15.9. The lowest BCUT2D eigenvalue weighted by molar-refractivity contribution is -0.118. The average Bonchev–Trinajstić information content (AvgIpc) is 2.54. The number of carbonyl (C=O) groups excluding carboxylic acids is 1. The molecule has 3 nitrogen and oxygen atoms in total. The van der Waals surface area contributed by atoms with Crippen molar-refractivity contribution in [1.82, 2.24) is 0 Å². The lowest BCUT2D eigenvalue weighted by atomic mass is 9.97. The van der Waals surface area contributed by atoms with E-state index in [0.717, 1.165) is 17.7 Å². The number of nitrogens with one attached hydrogen (secondary N) is 1. The van der Waals surface area contributed by atoms with Crippen molar-refractivity contribution >= 4 is 11.6 Å². The maximum atomic E-state index is 12.1. The number of anilines is 1. The van der Waals surface area contributed by atoms with Crippen molar-refractivity contribution in [3.63, 3.8) is 0 Å². The van der Waals surface area contributed by atoms with E-state index in [9.17, 15) is 4.79 Å². The van der Waals surface area contributed by atoms with Gasteiger partial charge in [-0.3, -0.25) is 4.79 Å². The van der Waals surface area contributed by atoms with Crippen LogP contribution >= 0.6 is 0 Å². The van der Waals surface area contributed by atoms with E-state index in [0.29, 0.717) is 11.7 Å². The van der Waals surface area contributed by atoms with Crippen LogP contribution in [0.5, 0.6) is 5.75 Å². The van der Waals surface area contributed by atoms with Gasteiger partial charge in [0.25, 0.3) is 5.91 Å². The lowest BCUT2D eigenvalue weighted by Gasteiger charge is -2.15. The summed E-state index contributed by atoms with van der Waals surface area (Å²) in [6, 6.07) is 15.6. The predicted octanol–water partition coefficient (Wildman–Crippen LogP) is 4.53. The van der Waals surface area contributed by atoms with Gasteiger partial charge in [-0.2, -0.15) is 0 Å². The Morgan fingerprint density at radius 3 is 2.50 bits per heavy atom. The molecule has 0 aliphatic rings. The van der Waals surface area contributed by atoms with Crippen LogP contribution in [-0.4, -0.2) is 12.5 Å². The first-order valence-electron chi connectivity index (χ1n) is 7.68. The molecule has 1 N–H and O–H groups in total. The Morgan fingerprint density at radius 2 is 1.82 bits per heavy atom. The molecule has 0 spiro atoms. The first-order valence-corrected chi connectivity index (χ1v) is 7.68. The minimum absolute atomic E-state index is 0.0118. The number of rotatable bonds is 6. The Labute approximate surface area is 132 Å². The van der Waals surface area contributed by atoms with Crippen molar-refractivity contribution in [3.8, 4) is 5.75 Å². The molecule has 2 rings (SSSR count). The molecule has 0 fully saturated rings. The second-order valence-electron chi connectivity index (χ2n) is 5.55. The highest BCUT2D eigenvalue weighted by Crippen LogP contribution is 2.26. The third-order valence-electron chi connectivity index (χ3n) is 3.77. The van der Waals surface area contributed by atoms with Gasteiger partial charge in [0.2, 0.25) is 0 Å². The van der Waals surface area contributed by atoms with Gasteiger partial charge in [0.15, 0.2) is 6.61 Å². The summed E-state index contributed by atoms with van der Waals surface area (Å²) >= 11 is 0. The number of benzene rings is 2. The van der Waals surface area contributed by atoms with Gasteiger partial charge in [0.1, 0.15) is 5.75 Å². The molecule has 1 atom stereocenters. The summed E-state index contributed by atoms with van der Waals surface area (Å²) in [4.78, 5) is 12.1. The van der Waals surface area contributed by atoms with Crippen molar-refractivity contribution < 1.29 is 9.53 Å². The summed E-state index contributed by atoms with van der Waals surface area (Å²) in [7, 11) is 0. The maximum absolute atomic E-state index is 12.1. The molecular weight excluding hydrogens is 274 g/mol. The van der Waals surface area contributed by atoms with Crippen molar-refractivity contribution in [1.29, 1.82) is 0 Å². The second kappa shape index (κ2) is 7.64. The minimum Gasteiger partial charge on any atom is -0.484 e. The lowest BCUT2D eigenvalue weighted by Crippen LogP contribution is -2.21. The van der Waals surface area contributed by atoms with Crippen LogP contribution in [0.1, 0.15) is 37.3 Å². The molecule has 0 bridgehead atoms. The van der Waals surface area contributed by atoms with E-state index in [4.69, 9.17) is 4.74 Å². The van der Waals surface area contributed by atoms with Gasteiger partial charge in [-0.15, -0.1) is 0 Å². The Hall–Kier alpha value is -2.29. The van der Waals surface area contributed by atoms with Crippen LogP contribution in [0.25, 0.3) is 0 Å². The van der Waals surface area contributed by atoms with Crippen LogP contribution in [0.4, 0.5) is 5.69 Å². The van der Waals surface area contributed by atoms with Gasteiger partial charge in [0, 0.05) is 5.69 Å². The molecule has 1 amide bonds. The monoisotopic (exact) mass is 297 g/mol. The third kappa shape index (κ3) is 4.35. The summed E-state index contributed by atoms with van der Waals surface area (Å²) in [5.74, 6) is 0.974. The second-order valence-corrected chi connectivity index (χ2v) is 5.55. The zero-order valence-electron chi connectivity index (χ0n) is 13.4. The first kappa shape index (κ1) is 16.1. The zero-order valence-corrected chi connectivity index (χ0v) is 13.4. The molecule has 0 aliphatic carbocycles. The van der Waals surface area contributed by atoms with Crippen LogP contribution in [0, 0.1) is 6.92 Å². The fraction of sp³-hybridized carbons (Fsp3) is 0.316. The van der Waals surface area contributed by atoms with Crippen molar-refractivity contribution in [3.05, 3.63) is 59.7 Å². The number of hydrogen-bond donors (Lipinski definition) is 1. The van der Waals surface area contributed by atoms with E-state index in [1.165, 1.54) is 5.56 Å². The predicted molar refractivity (Wildman–Crippen MR) is 90.5 cm³/mol. The smallest absolute Gasteiger partial charge is 0.262 e. The molecule has 0 saturated heterocycles. The molecule has 22 heavy (non-hydrogen) atoms. The minimum atomic E-state index is -0.142. The molecule has 2 aromatic rings. The molecule has 3 heteroatoms. The van der Waals surface area contributed by atoms with E-state index < -0.39 is 0 Å². The third-order valence-corrected chi connectivity index (χ3v) is 3.77. The van der Waals surface area contributed by atoms with Crippen LogP contribution in [-0.2, 0) is 4.79 Å². The highest BCUT2D eigenvalue weighted by Gasteiger charge is 2.11. The van der Waals surface area contributed by atoms with Crippen LogP contribution in [0.3, 0.4) is 0 Å². The van der Waals surface area contributed by atoms with Crippen LogP contribution in [0.2, 0.25) is 0 Å². The molecule has 116 valence electrons. The normalized spacial score (nSPS) is 11.8. The SMILES string of the molecule is CC[C@H](C)c1ccccc1NC(=O)COc1ccc(C)cc1. The fourth-order valence-corrected chi connectivity index (χ4v) is 2.23. The van der Waals surface area contributed by atoms with E-state index in [1.807, 2.05) is 49.4 Å². The van der Waals surface area contributed by atoms with Crippen molar-refractivity contribution in [2.75, 3.05) is 11.9 Å². The molecule has 0 aliphatic heterocycles. The van der Waals surface area contributed by atoms with Crippen LogP contribution < -0.4 is 10.1 Å². The summed E-state index contributed by atoms with van der Waals surface area (Å²) in [5, 5.41) is 2.94.